The number of rotatable bonds is 17. The molecule has 3 atom stereocenters. The van der Waals surface area contributed by atoms with Crippen LogP contribution in [-0.2, 0) is 32.7 Å². The number of hydrogen-bond donors (Lipinski definition) is 2. The van der Waals surface area contributed by atoms with Crippen molar-refractivity contribution in [3.05, 3.63) is 0 Å². The maximum absolute atomic E-state index is 12.3. The molecule has 0 aromatic carbocycles. The first-order valence-electron chi connectivity index (χ1n) is 10.3. The summed E-state index contributed by atoms with van der Waals surface area (Å²) in [5.74, 6) is -1.02. The molecule has 0 heterocycles. The maximum atomic E-state index is 12.3. The van der Waals surface area contributed by atoms with E-state index in [1.165, 1.54) is 13.8 Å². The fourth-order valence-electron chi connectivity index (χ4n) is 1.99. The molecule has 13 heteroatoms. The van der Waals surface area contributed by atoms with Gasteiger partial charge in [-0.2, -0.15) is 0 Å². The summed E-state index contributed by atoms with van der Waals surface area (Å²) in [6, 6.07) is 2.48. The number of nitrogens with one attached hydrogen (secondary N) is 2. The first-order valence-corrected chi connectivity index (χ1v) is 14.4. The van der Waals surface area contributed by atoms with Crippen LogP contribution in [0.25, 0.3) is 0 Å². The minimum atomic E-state index is -2.98. The predicted molar refractivity (Wildman–Crippen MR) is 125 cm³/mol. The predicted octanol–water partition coefficient (Wildman–Crippen LogP) is 1.60. The molecule has 0 spiro atoms. The Balaban J connectivity index is 4.18. The highest BCUT2D eigenvalue weighted by molar-refractivity contribution is 7.59. The molecule has 3 unspecified atom stereocenters. The van der Waals surface area contributed by atoms with Gasteiger partial charge in [0.15, 0.2) is 6.16 Å². The number of aliphatic imine (C=N–C) groups is 2. The van der Waals surface area contributed by atoms with Crippen molar-refractivity contribution in [2.75, 3.05) is 72.2 Å². The molecule has 0 radical (unpaired) electrons. The Morgan fingerprint density at radius 3 is 2.53 bits per heavy atom. The second kappa shape index (κ2) is 16.2. The molecule has 0 fully saturated rings. The van der Waals surface area contributed by atoms with Crippen LogP contribution < -0.4 is 10.6 Å². The highest BCUT2D eigenvalue weighted by Gasteiger charge is 2.26. The summed E-state index contributed by atoms with van der Waals surface area (Å²) >= 11 is 0. The van der Waals surface area contributed by atoms with Gasteiger partial charge in [0.2, 0.25) is 13.3 Å². The number of carbonyl (C=O) groups excluding carboxylic acids is 2. The Bertz CT molecular complexity index is 724. The lowest BCUT2D eigenvalue weighted by Crippen LogP contribution is -2.42. The summed E-state index contributed by atoms with van der Waals surface area (Å²) in [6.07, 6.45) is 0.253. The van der Waals surface area contributed by atoms with Gasteiger partial charge in [0, 0.05) is 26.9 Å². The van der Waals surface area contributed by atoms with Crippen LogP contribution in [0.15, 0.2) is 9.98 Å². The van der Waals surface area contributed by atoms with Crippen molar-refractivity contribution < 1.29 is 32.7 Å². The van der Waals surface area contributed by atoms with Crippen LogP contribution in [0.3, 0.4) is 0 Å². The van der Waals surface area contributed by atoms with Crippen molar-refractivity contribution in [2.24, 2.45) is 9.98 Å². The summed E-state index contributed by atoms with van der Waals surface area (Å²) in [4.78, 5) is 32.1. The first kappa shape index (κ1) is 30.5. The molecular formula is C19H37N4O7P2+. The molecule has 0 aromatic rings. The molecule has 32 heavy (non-hydrogen) atoms. The Kier molecular flexibility index (Phi) is 15.4. The molecule has 0 bridgehead atoms. The number of hydrogen-bond acceptors (Lipinski definition) is 10. The van der Waals surface area contributed by atoms with Gasteiger partial charge in [-0.05, 0) is 20.8 Å². The second-order valence-corrected chi connectivity index (χ2v) is 12.2. The van der Waals surface area contributed by atoms with E-state index in [4.69, 9.17) is 14.0 Å². The van der Waals surface area contributed by atoms with Gasteiger partial charge in [0.1, 0.15) is 25.0 Å². The molecule has 0 rings (SSSR count). The summed E-state index contributed by atoms with van der Waals surface area (Å²) in [7, 11) is -2.87. The van der Waals surface area contributed by atoms with E-state index in [0.717, 1.165) is 0 Å². The van der Waals surface area contributed by atoms with Crippen molar-refractivity contribution in [3.63, 3.8) is 0 Å². The summed E-state index contributed by atoms with van der Waals surface area (Å²) in [6.45, 7) is 10.5. The van der Waals surface area contributed by atoms with E-state index in [0.29, 0.717) is 32.5 Å². The Hall–Kier alpha value is -1.47. The van der Waals surface area contributed by atoms with Crippen LogP contribution in [0.1, 0.15) is 20.8 Å². The molecule has 11 nitrogen and oxygen atoms in total. The highest BCUT2D eigenvalue weighted by atomic mass is 31.2. The molecule has 0 saturated carbocycles. The molecule has 184 valence electrons. The zero-order chi connectivity index (χ0) is 24.6. The molecule has 2 N–H and O–H groups in total. The highest BCUT2D eigenvalue weighted by Crippen LogP contribution is 2.40. The monoisotopic (exact) mass is 495 g/mol. The van der Waals surface area contributed by atoms with Gasteiger partial charge in [0.05, 0.1) is 31.8 Å². The van der Waals surface area contributed by atoms with Crippen molar-refractivity contribution in [1.82, 2.24) is 10.6 Å². The van der Waals surface area contributed by atoms with Crippen LogP contribution in [0, 0.1) is 0 Å². The lowest BCUT2D eigenvalue weighted by molar-refractivity contribution is -0.141. The normalized spacial score (nSPS) is 14.5. The smallest absolute Gasteiger partial charge is 0.337 e. The number of nitrogens with zero attached hydrogens (tertiary/aromatic N) is 2. The number of esters is 1. The van der Waals surface area contributed by atoms with Gasteiger partial charge in [0.25, 0.3) is 0 Å². The van der Waals surface area contributed by atoms with E-state index in [-0.39, 0.29) is 31.3 Å². The largest absolute Gasteiger partial charge is 0.463 e. The van der Waals surface area contributed by atoms with Crippen LogP contribution in [0.2, 0.25) is 0 Å². The summed E-state index contributed by atoms with van der Waals surface area (Å²) in [5.41, 5.74) is -1.09. The van der Waals surface area contributed by atoms with Crippen molar-refractivity contribution in [2.45, 2.75) is 32.4 Å². The van der Waals surface area contributed by atoms with Crippen LogP contribution in [0.5, 0.6) is 0 Å². The Labute approximate surface area is 191 Å². The average Bonchev–Trinajstić information content (AvgIpc) is 2.69. The van der Waals surface area contributed by atoms with Gasteiger partial charge in [-0.25, -0.2) is 9.98 Å². The zero-order valence-electron chi connectivity index (χ0n) is 19.9. The van der Waals surface area contributed by atoms with Gasteiger partial charge < -0.3 is 24.6 Å². The Morgan fingerprint density at radius 2 is 1.91 bits per heavy atom. The molecule has 0 saturated heterocycles. The van der Waals surface area contributed by atoms with E-state index in [1.54, 1.807) is 20.5 Å². The number of amides is 1. The van der Waals surface area contributed by atoms with Crippen LogP contribution >= 0.6 is 15.2 Å². The Morgan fingerprint density at radius 1 is 1.22 bits per heavy atom. The molecule has 1 amide bonds. The topological polar surface area (TPSA) is 145 Å². The quantitative estimate of drug-likeness (QED) is 0.134. The first-order chi connectivity index (χ1) is 14.9. The number of carbonyl (C=O) groups is 2. The lowest BCUT2D eigenvalue weighted by atomic mass is 10.1. The van der Waals surface area contributed by atoms with Gasteiger partial charge in [-0.15, -0.1) is 0 Å². The SMILES string of the molecule is COP(C)(=O)CC(=O)OCCNC(=O)C(C)(C)N=C=NC(C)CNCCOCC[P+](C)=O. The fraction of sp³-hybridized carbons (Fsp3) is 0.842. The van der Waals surface area contributed by atoms with Gasteiger partial charge in [-0.1, -0.05) is 4.57 Å². The summed E-state index contributed by atoms with van der Waals surface area (Å²) in [5, 5.41) is 5.81. The van der Waals surface area contributed by atoms with Crippen molar-refractivity contribution >= 4 is 33.1 Å². The van der Waals surface area contributed by atoms with Crippen molar-refractivity contribution in [1.29, 1.82) is 0 Å². The third-order valence-electron chi connectivity index (χ3n) is 4.03. The zero-order valence-corrected chi connectivity index (χ0v) is 21.7. The maximum Gasteiger partial charge on any atom is 0.337 e. The average molecular weight is 495 g/mol. The van der Waals surface area contributed by atoms with Crippen LogP contribution in [-0.4, -0.2) is 102 Å². The molecule has 0 aliphatic rings. The van der Waals surface area contributed by atoms with E-state index in [9.17, 15) is 18.7 Å². The van der Waals surface area contributed by atoms with E-state index in [1.807, 2.05) is 6.92 Å². The third-order valence-corrected chi connectivity index (χ3v) is 6.45. The van der Waals surface area contributed by atoms with E-state index < -0.39 is 26.7 Å². The minimum Gasteiger partial charge on any atom is -0.463 e. The second-order valence-electron chi connectivity index (χ2n) is 7.75. The number of ether oxygens (including phenoxy) is 2. The molecular weight excluding hydrogens is 458 g/mol. The van der Waals surface area contributed by atoms with Crippen LogP contribution in [0.4, 0.5) is 0 Å². The van der Waals surface area contributed by atoms with Crippen molar-refractivity contribution in [3.8, 4) is 0 Å². The van der Waals surface area contributed by atoms with Gasteiger partial charge in [-0.3, -0.25) is 14.2 Å². The fourth-order valence-corrected chi connectivity index (χ4v) is 3.07. The van der Waals surface area contributed by atoms with E-state index in [2.05, 4.69) is 26.6 Å². The van der Waals surface area contributed by atoms with E-state index >= 15 is 0 Å². The standard InChI is InChI=1S/C19H36N4O7P2/c1-16(13-20-7-9-29-11-12-31(5)26)22-15-23-19(2,3)18(25)21-8-10-30-17(24)14-32(6,27)28-4/h16,20H,7-14H2,1-6H3/p+1. The molecule has 0 aliphatic carbocycles. The lowest BCUT2D eigenvalue weighted by Gasteiger charge is -2.17. The minimum absolute atomic E-state index is 0.0502. The third kappa shape index (κ3) is 16.2. The summed E-state index contributed by atoms with van der Waals surface area (Å²) < 4.78 is 37.7. The molecule has 0 aliphatic heterocycles. The van der Waals surface area contributed by atoms with Gasteiger partial charge >= 0.3 is 13.8 Å². The molecule has 0 aromatic heterocycles.